The first-order chi connectivity index (χ1) is 11.2. The standard InChI is InChI=1S/C16H11Cl2N5/c17-12-5-6-15(13(18)7-12)22-8-11-3-1-2-4-14(11)21-16(22)23-10-19-9-20-23/h1-7,9-10H,8H2. The highest BCUT2D eigenvalue weighted by Gasteiger charge is 2.24. The molecule has 2 aromatic carbocycles. The van der Waals surface area contributed by atoms with Crippen LogP contribution in [-0.4, -0.2) is 20.7 Å². The van der Waals surface area contributed by atoms with Gasteiger partial charge in [-0.3, -0.25) is 0 Å². The van der Waals surface area contributed by atoms with Crippen LogP contribution in [0.4, 0.5) is 11.4 Å². The summed E-state index contributed by atoms with van der Waals surface area (Å²) in [6.07, 6.45) is 3.09. The molecule has 0 saturated heterocycles. The Morgan fingerprint density at radius 1 is 1.04 bits per heavy atom. The van der Waals surface area contributed by atoms with Crippen molar-refractivity contribution in [2.75, 3.05) is 4.90 Å². The summed E-state index contributed by atoms with van der Waals surface area (Å²) in [5, 5.41) is 5.35. The normalized spacial score (nSPS) is 13.7. The largest absolute Gasteiger partial charge is 0.304 e. The number of para-hydroxylation sites is 1. The fourth-order valence-electron chi connectivity index (χ4n) is 2.54. The molecular formula is C16H11Cl2N5. The molecule has 0 atom stereocenters. The monoisotopic (exact) mass is 343 g/mol. The van der Waals surface area contributed by atoms with Gasteiger partial charge in [0.1, 0.15) is 12.7 Å². The summed E-state index contributed by atoms with van der Waals surface area (Å²) < 4.78 is 1.63. The topological polar surface area (TPSA) is 46.3 Å². The zero-order valence-electron chi connectivity index (χ0n) is 11.9. The van der Waals surface area contributed by atoms with Crippen molar-refractivity contribution in [3.05, 3.63) is 70.7 Å². The summed E-state index contributed by atoms with van der Waals surface area (Å²) in [7, 11) is 0. The molecule has 114 valence electrons. The Labute approximate surface area is 142 Å². The summed E-state index contributed by atoms with van der Waals surface area (Å²) in [5.41, 5.74) is 2.85. The van der Waals surface area contributed by atoms with Gasteiger partial charge in [-0.1, -0.05) is 41.4 Å². The number of aromatic nitrogens is 3. The van der Waals surface area contributed by atoms with E-state index in [1.165, 1.54) is 6.33 Å². The van der Waals surface area contributed by atoms with Crippen LogP contribution >= 0.6 is 23.2 Å². The quantitative estimate of drug-likeness (QED) is 0.667. The summed E-state index contributed by atoms with van der Waals surface area (Å²) in [4.78, 5) is 10.7. The van der Waals surface area contributed by atoms with E-state index in [2.05, 4.69) is 10.1 Å². The zero-order valence-corrected chi connectivity index (χ0v) is 13.4. The van der Waals surface area contributed by atoms with Gasteiger partial charge in [0.2, 0.25) is 5.96 Å². The predicted molar refractivity (Wildman–Crippen MR) is 91.6 cm³/mol. The lowest BCUT2D eigenvalue weighted by atomic mass is 10.1. The fourth-order valence-corrected chi connectivity index (χ4v) is 3.05. The Kier molecular flexibility index (Phi) is 3.52. The number of halogens is 2. The van der Waals surface area contributed by atoms with Crippen molar-refractivity contribution in [3.8, 4) is 0 Å². The molecule has 0 unspecified atom stereocenters. The van der Waals surface area contributed by atoms with E-state index in [-0.39, 0.29) is 0 Å². The van der Waals surface area contributed by atoms with Crippen LogP contribution < -0.4 is 4.90 Å². The highest BCUT2D eigenvalue weighted by Crippen LogP contribution is 2.34. The van der Waals surface area contributed by atoms with E-state index in [1.807, 2.05) is 41.3 Å². The molecule has 1 aromatic heterocycles. The average Bonchev–Trinajstić information content (AvgIpc) is 3.08. The fraction of sp³-hybridized carbons (Fsp3) is 0.0625. The third kappa shape index (κ3) is 2.58. The molecule has 0 radical (unpaired) electrons. The average molecular weight is 344 g/mol. The van der Waals surface area contributed by atoms with E-state index in [9.17, 15) is 0 Å². The predicted octanol–water partition coefficient (Wildman–Crippen LogP) is 4.14. The minimum Gasteiger partial charge on any atom is -0.304 e. The van der Waals surface area contributed by atoms with E-state index >= 15 is 0 Å². The first-order valence-corrected chi connectivity index (χ1v) is 7.72. The maximum atomic E-state index is 6.39. The lowest BCUT2D eigenvalue weighted by Crippen LogP contribution is -2.38. The van der Waals surface area contributed by atoms with E-state index in [4.69, 9.17) is 28.2 Å². The highest BCUT2D eigenvalue weighted by atomic mass is 35.5. The summed E-state index contributed by atoms with van der Waals surface area (Å²) in [5.74, 6) is 0.644. The van der Waals surface area contributed by atoms with Gasteiger partial charge in [-0.05, 0) is 29.8 Å². The number of aliphatic imine (C=N–C) groups is 1. The van der Waals surface area contributed by atoms with Crippen molar-refractivity contribution in [2.45, 2.75) is 6.54 Å². The van der Waals surface area contributed by atoms with Crippen LogP contribution in [-0.2, 0) is 6.54 Å². The van der Waals surface area contributed by atoms with E-state index < -0.39 is 0 Å². The molecule has 2 heterocycles. The van der Waals surface area contributed by atoms with Crippen LogP contribution in [0.5, 0.6) is 0 Å². The number of rotatable bonds is 1. The molecule has 0 amide bonds. The molecule has 0 aliphatic carbocycles. The van der Waals surface area contributed by atoms with Gasteiger partial charge >= 0.3 is 0 Å². The maximum absolute atomic E-state index is 6.39. The molecule has 0 N–H and O–H groups in total. The van der Waals surface area contributed by atoms with Gasteiger partial charge in [0, 0.05) is 5.02 Å². The van der Waals surface area contributed by atoms with Crippen molar-refractivity contribution in [1.29, 1.82) is 0 Å². The van der Waals surface area contributed by atoms with Gasteiger partial charge in [-0.2, -0.15) is 9.78 Å². The Morgan fingerprint density at radius 3 is 2.70 bits per heavy atom. The lowest BCUT2D eigenvalue weighted by Gasteiger charge is -2.30. The highest BCUT2D eigenvalue weighted by molar-refractivity contribution is 6.36. The number of hydrogen-bond donors (Lipinski definition) is 0. The molecule has 4 rings (SSSR count). The number of benzene rings is 2. The number of fused-ring (bicyclic) bond motifs is 1. The minimum atomic E-state index is 0.560. The van der Waals surface area contributed by atoms with Gasteiger partial charge in [0.15, 0.2) is 0 Å². The van der Waals surface area contributed by atoms with E-state index in [0.29, 0.717) is 22.5 Å². The Balaban J connectivity index is 1.88. The second-order valence-corrected chi connectivity index (χ2v) is 5.91. The first-order valence-electron chi connectivity index (χ1n) is 6.96. The molecule has 7 heteroatoms. The molecule has 0 spiro atoms. The second kappa shape index (κ2) is 5.68. The third-order valence-electron chi connectivity index (χ3n) is 3.61. The summed E-state index contributed by atoms with van der Waals surface area (Å²) in [6, 6.07) is 13.4. The molecule has 0 saturated carbocycles. The number of nitrogens with zero attached hydrogens (tertiary/aromatic N) is 5. The van der Waals surface area contributed by atoms with E-state index in [1.54, 1.807) is 17.1 Å². The van der Waals surface area contributed by atoms with Crippen molar-refractivity contribution in [3.63, 3.8) is 0 Å². The van der Waals surface area contributed by atoms with Crippen molar-refractivity contribution in [2.24, 2.45) is 4.99 Å². The maximum Gasteiger partial charge on any atom is 0.233 e. The smallest absolute Gasteiger partial charge is 0.233 e. The van der Waals surface area contributed by atoms with Crippen molar-refractivity contribution in [1.82, 2.24) is 14.8 Å². The minimum absolute atomic E-state index is 0.560. The zero-order chi connectivity index (χ0) is 15.8. The van der Waals surface area contributed by atoms with Gasteiger partial charge in [0.05, 0.1) is 22.9 Å². The summed E-state index contributed by atoms with van der Waals surface area (Å²) >= 11 is 12.4. The van der Waals surface area contributed by atoms with Crippen LogP contribution in [0.1, 0.15) is 5.56 Å². The van der Waals surface area contributed by atoms with Crippen LogP contribution in [0.25, 0.3) is 0 Å². The Morgan fingerprint density at radius 2 is 1.91 bits per heavy atom. The van der Waals surface area contributed by atoms with Crippen LogP contribution in [0, 0.1) is 0 Å². The van der Waals surface area contributed by atoms with Gasteiger partial charge in [0.25, 0.3) is 0 Å². The van der Waals surface area contributed by atoms with Gasteiger partial charge < -0.3 is 4.90 Å². The van der Waals surface area contributed by atoms with E-state index in [0.717, 1.165) is 16.9 Å². The molecule has 5 nitrogen and oxygen atoms in total. The number of anilines is 1. The van der Waals surface area contributed by atoms with Crippen LogP contribution in [0.3, 0.4) is 0 Å². The molecule has 0 bridgehead atoms. The third-order valence-corrected chi connectivity index (χ3v) is 4.14. The molecule has 3 aromatic rings. The van der Waals surface area contributed by atoms with Crippen molar-refractivity contribution >= 4 is 40.5 Å². The van der Waals surface area contributed by atoms with Gasteiger partial charge in [-0.25, -0.2) is 9.98 Å². The second-order valence-electron chi connectivity index (χ2n) is 5.06. The molecule has 23 heavy (non-hydrogen) atoms. The molecule has 1 aliphatic heterocycles. The van der Waals surface area contributed by atoms with Crippen LogP contribution in [0.15, 0.2) is 60.1 Å². The first kappa shape index (κ1) is 14.2. The molecule has 0 fully saturated rings. The van der Waals surface area contributed by atoms with Gasteiger partial charge in [-0.15, -0.1) is 0 Å². The van der Waals surface area contributed by atoms with Crippen LogP contribution in [0.2, 0.25) is 10.0 Å². The summed E-state index contributed by atoms with van der Waals surface area (Å²) in [6.45, 7) is 0.635. The molecule has 1 aliphatic rings. The lowest BCUT2D eigenvalue weighted by molar-refractivity contribution is 0.850. The molecular weight excluding hydrogens is 333 g/mol. The number of hydrogen-bond acceptors (Lipinski definition) is 4. The Hall–Kier alpha value is -2.37. The SMILES string of the molecule is Clc1ccc(N2Cc3ccccc3N=C2n2cncn2)c(Cl)c1. The van der Waals surface area contributed by atoms with Crippen molar-refractivity contribution < 1.29 is 0 Å². The Bertz CT molecular complexity index is 889.